The van der Waals surface area contributed by atoms with E-state index in [9.17, 15) is 5.26 Å². The number of allylic oxidation sites excluding steroid dienone is 1. The van der Waals surface area contributed by atoms with Crippen molar-refractivity contribution in [1.82, 2.24) is 0 Å². The van der Waals surface area contributed by atoms with Crippen LogP contribution < -0.4 is 24.7 Å². The van der Waals surface area contributed by atoms with Crippen molar-refractivity contribution in [3.05, 3.63) is 57.9 Å². The maximum absolute atomic E-state index is 9.72. The standard InChI is InChI=1S/C20H13ClN2O4/c1-2-5-24-15-4-3-11(21)6-12(15)19-13-7-17-18(26-10-25-17)8-16(13)27-20(23)14(19)9-22/h1,3-4,6-8,19H,5,10,23H2/t19-/m0/s1. The maximum Gasteiger partial charge on any atom is 0.231 e. The zero-order chi connectivity index (χ0) is 19.0. The molecule has 134 valence electrons. The zero-order valence-electron chi connectivity index (χ0n) is 14.0. The Morgan fingerprint density at radius 2 is 1.96 bits per heavy atom. The highest BCUT2D eigenvalue weighted by atomic mass is 35.5. The number of ether oxygens (including phenoxy) is 4. The quantitative estimate of drug-likeness (QED) is 0.822. The Hall–Kier alpha value is -3.48. The van der Waals surface area contributed by atoms with Gasteiger partial charge in [0.15, 0.2) is 11.5 Å². The second kappa shape index (κ2) is 6.68. The molecule has 6 nitrogen and oxygen atoms in total. The summed E-state index contributed by atoms with van der Waals surface area (Å²) in [6, 6.07) is 10.7. The van der Waals surface area contributed by atoms with E-state index < -0.39 is 5.92 Å². The van der Waals surface area contributed by atoms with E-state index in [2.05, 4.69) is 12.0 Å². The van der Waals surface area contributed by atoms with E-state index in [1.54, 1.807) is 30.3 Å². The van der Waals surface area contributed by atoms with E-state index in [1.807, 2.05) is 0 Å². The van der Waals surface area contributed by atoms with Gasteiger partial charge in [-0.3, -0.25) is 0 Å². The third-order valence-corrected chi connectivity index (χ3v) is 4.54. The van der Waals surface area contributed by atoms with Crippen molar-refractivity contribution in [3.63, 3.8) is 0 Å². The molecule has 7 heteroatoms. The predicted molar refractivity (Wildman–Crippen MR) is 97.6 cm³/mol. The molecule has 4 rings (SSSR count). The molecule has 2 aliphatic rings. The first-order chi connectivity index (χ1) is 13.1. The Morgan fingerprint density at radius 1 is 1.19 bits per heavy atom. The number of fused-ring (bicyclic) bond motifs is 2. The third kappa shape index (κ3) is 2.87. The molecule has 0 bridgehead atoms. The Balaban J connectivity index is 1.93. The summed E-state index contributed by atoms with van der Waals surface area (Å²) in [6.07, 6.45) is 5.32. The van der Waals surface area contributed by atoms with Gasteiger partial charge in [0.2, 0.25) is 12.7 Å². The van der Waals surface area contributed by atoms with E-state index in [0.717, 1.165) is 0 Å². The van der Waals surface area contributed by atoms with Gasteiger partial charge in [0.1, 0.15) is 29.7 Å². The van der Waals surface area contributed by atoms with E-state index in [4.69, 9.17) is 42.7 Å². The number of terminal acetylenes is 1. The van der Waals surface area contributed by atoms with Crippen LogP contribution in [-0.2, 0) is 0 Å². The van der Waals surface area contributed by atoms with Gasteiger partial charge in [-0.1, -0.05) is 17.5 Å². The van der Waals surface area contributed by atoms with Crippen molar-refractivity contribution >= 4 is 11.6 Å². The molecule has 0 amide bonds. The zero-order valence-corrected chi connectivity index (χ0v) is 14.7. The van der Waals surface area contributed by atoms with Crippen LogP contribution >= 0.6 is 11.6 Å². The van der Waals surface area contributed by atoms with Gasteiger partial charge in [-0.25, -0.2) is 0 Å². The van der Waals surface area contributed by atoms with Crippen LogP contribution in [0.2, 0.25) is 5.02 Å². The summed E-state index contributed by atoms with van der Waals surface area (Å²) in [5, 5.41) is 10.2. The Morgan fingerprint density at radius 3 is 2.70 bits per heavy atom. The minimum atomic E-state index is -0.556. The summed E-state index contributed by atoms with van der Waals surface area (Å²) in [4.78, 5) is 0. The van der Waals surface area contributed by atoms with E-state index in [0.29, 0.717) is 39.1 Å². The summed E-state index contributed by atoms with van der Waals surface area (Å²) in [5.41, 5.74) is 7.61. The van der Waals surface area contributed by atoms with Crippen molar-refractivity contribution in [2.75, 3.05) is 13.4 Å². The average Bonchev–Trinajstić information content (AvgIpc) is 3.11. The lowest BCUT2D eigenvalue weighted by molar-refractivity contribution is 0.174. The molecule has 0 unspecified atom stereocenters. The Kier molecular flexibility index (Phi) is 4.19. The largest absolute Gasteiger partial charge is 0.481 e. The summed E-state index contributed by atoms with van der Waals surface area (Å²) >= 11 is 6.22. The Labute approximate surface area is 160 Å². The number of benzene rings is 2. The first-order valence-electron chi connectivity index (χ1n) is 7.99. The van der Waals surface area contributed by atoms with Gasteiger partial charge >= 0.3 is 0 Å². The fourth-order valence-corrected chi connectivity index (χ4v) is 3.34. The van der Waals surface area contributed by atoms with Crippen LogP contribution in [0.3, 0.4) is 0 Å². The Bertz CT molecular complexity index is 1050. The van der Waals surface area contributed by atoms with Gasteiger partial charge in [0.25, 0.3) is 0 Å². The highest BCUT2D eigenvalue weighted by Crippen LogP contribution is 2.49. The lowest BCUT2D eigenvalue weighted by Crippen LogP contribution is -2.21. The third-order valence-electron chi connectivity index (χ3n) is 4.30. The van der Waals surface area contributed by atoms with Crippen LogP contribution in [0.15, 0.2) is 41.8 Å². The molecule has 2 heterocycles. The molecule has 0 aromatic heterocycles. The van der Waals surface area contributed by atoms with Crippen LogP contribution in [0, 0.1) is 23.7 Å². The molecule has 2 aromatic carbocycles. The molecule has 2 N–H and O–H groups in total. The second-order valence-electron chi connectivity index (χ2n) is 5.84. The van der Waals surface area contributed by atoms with Crippen molar-refractivity contribution in [3.8, 4) is 41.4 Å². The average molecular weight is 381 g/mol. The fourth-order valence-electron chi connectivity index (χ4n) is 3.16. The second-order valence-corrected chi connectivity index (χ2v) is 6.28. The molecule has 2 aromatic rings. The smallest absolute Gasteiger partial charge is 0.231 e. The summed E-state index contributed by atoms with van der Waals surface area (Å²) in [7, 11) is 0. The van der Waals surface area contributed by atoms with Gasteiger partial charge < -0.3 is 24.7 Å². The van der Waals surface area contributed by atoms with Gasteiger partial charge in [-0.2, -0.15) is 5.26 Å². The SMILES string of the molecule is C#CCOc1ccc(Cl)cc1[C@@H]1C(C#N)=C(N)Oc2cc3c(cc21)OCO3. The predicted octanol–water partition coefficient (Wildman–Crippen LogP) is 3.30. The molecule has 27 heavy (non-hydrogen) atoms. The molecule has 2 aliphatic heterocycles. The topological polar surface area (TPSA) is 86.7 Å². The van der Waals surface area contributed by atoms with Crippen molar-refractivity contribution in [1.29, 1.82) is 5.26 Å². The van der Waals surface area contributed by atoms with Crippen LogP contribution in [0.25, 0.3) is 0 Å². The molecular weight excluding hydrogens is 368 g/mol. The lowest BCUT2D eigenvalue weighted by atomic mass is 9.83. The summed E-state index contributed by atoms with van der Waals surface area (Å²) in [5.74, 6) is 3.98. The lowest BCUT2D eigenvalue weighted by Gasteiger charge is -2.27. The minimum Gasteiger partial charge on any atom is -0.481 e. The molecule has 1 atom stereocenters. The molecule has 0 fully saturated rings. The van der Waals surface area contributed by atoms with Crippen molar-refractivity contribution in [2.24, 2.45) is 5.73 Å². The van der Waals surface area contributed by atoms with Gasteiger partial charge in [0, 0.05) is 22.2 Å². The van der Waals surface area contributed by atoms with Crippen molar-refractivity contribution in [2.45, 2.75) is 5.92 Å². The van der Waals surface area contributed by atoms with Crippen LogP contribution in [0.1, 0.15) is 17.0 Å². The normalized spacial score (nSPS) is 16.8. The number of nitrogens with zero attached hydrogens (tertiary/aromatic N) is 1. The van der Waals surface area contributed by atoms with E-state index in [1.165, 1.54) is 0 Å². The summed E-state index contributed by atoms with van der Waals surface area (Å²) in [6.45, 7) is 0.192. The molecule has 0 radical (unpaired) electrons. The molecular formula is C20H13ClN2O4. The highest BCUT2D eigenvalue weighted by molar-refractivity contribution is 6.30. The first-order valence-corrected chi connectivity index (χ1v) is 8.37. The van der Waals surface area contributed by atoms with E-state index >= 15 is 0 Å². The number of hydrogen-bond donors (Lipinski definition) is 1. The van der Waals surface area contributed by atoms with Gasteiger partial charge in [-0.05, 0) is 24.3 Å². The fraction of sp³-hybridized carbons (Fsp3) is 0.150. The highest BCUT2D eigenvalue weighted by Gasteiger charge is 2.35. The summed E-state index contributed by atoms with van der Waals surface area (Å²) < 4.78 is 22.2. The molecule has 0 saturated carbocycles. The van der Waals surface area contributed by atoms with E-state index in [-0.39, 0.29) is 24.9 Å². The van der Waals surface area contributed by atoms with Gasteiger partial charge in [-0.15, -0.1) is 6.42 Å². The number of nitrogens with two attached hydrogens (primary N) is 1. The maximum atomic E-state index is 9.72. The molecule has 0 saturated heterocycles. The van der Waals surface area contributed by atoms with Crippen LogP contribution in [-0.4, -0.2) is 13.4 Å². The monoisotopic (exact) mass is 380 g/mol. The number of rotatable bonds is 3. The minimum absolute atomic E-state index is 0.0109. The van der Waals surface area contributed by atoms with Crippen molar-refractivity contribution < 1.29 is 18.9 Å². The number of halogens is 1. The van der Waals surface area contributed by atoms with Crippen LogP contribution in [0.5, 0.6) is 23.0 Å². The first kappa shape index (κ1) is 17.0. The number of hydrogen-bond acceptors (Lipinski definition) is 6. The van der Waals surface area contributed by atoms with Crippen LogP contribution in [0.4, 0.5) is 0 Å². The van der Waals surface area contributed by atoms with Gasteiger partial charge in [0.05, 0.1) is 5.92 Å². The number of nitriles is 1. The molecule has 0 aliphatic carbocycles. The molecule has 0 spiro atoms.